The summed E-state index contributed by atoms with van der Waals surface area (Å²) in [5, 5.41) is 0. The van der Waals surface area contributed by atoms with Crippen molar-refractivity contribution in [3.63, 3.8) is 0 Å². The second-order valence-electron chi connectivity index (χ2n) is 9.04. The molecule has 0 N–H and O–H groups in total. The average Bonchev–Trinajstić information content (AvgIpc) is 2.84. The third-order valence-electron chi connectivity index (χ3n) is 5.23. The first-order valence-corrected chi connectivity index (χ1v) is 13.2. The predicted octanol–water partition coefficient (Wildman–Crippen LogP) is 12.1. The Morgan fingerprint density at radius 2 is 1.46 bits per heavy atom. The summed E-state index contributed by atoms with van der Waals surface area (Å²) in [7, 11) is 0. The number of hydrogen-bond acceptors (Lipinski definition) is 0. The first-order chi connectivity index (χ1) is 16.4. The van der Waals surface area contributed by atoms with Gasteiger partial charge in [-0.1, -0.05) is 135 Å². The molecular weight excluding hydrogens is 420 g/mol. The van der Waals surface area contributed by atoms with Gasteiger partial charge in [0.15, 0.2) is 0 Å². The van der Waals surface area contributed by atoms with Gasteiger partial charge in [-0.3, -0.25) is 0 Å². The lowest BCUT2D eigenvalue weighted by molar-refractivity contribution is 0.516. The van der Waals surface area contributed by atoms with Crippen molar-refractivity contribution in [2.75, 3.05) is 0 Å². The third-order valence-corrected chi connectivity index (χ3v) is 5.23. The zero-order chi connectivity index (χ0) is 28.2. The highest BCUT2D eigenvalue weighted by atomic mass is 14.2. The van der Waals surface area contributed by atoms with Crippen molar-refractivity contribution in [2.24, 2.45) is 5.41 Å². The second-order valence-corrected chi connectivity index (χ2v) is 9.04. The van der Waals surface area contributed by atoms with Crippen molar-refractivity contribution in [1.29, 1.82) is 0 Å². The first-order valence-electron chi connectivity index (χ1n) is 13.2. The zero-order valence-electron chi connectivity index (χ0n) is 25.5. The lowest BCUT2D eigenvalue weighted by Crippen LogP contribution is -2.06. The Bertz CT molecular complexity index is 886. The Labute approximate surface area is 220 Å². The molecule has 0 unspecified atom stereocenters. The van der Waals surface area contributed by atoms with Gasteiger partial charge >= 0.3 is 0 Å². The summed E-state index contributed by atoms with van der Waals surface area (Å²) in [6.07, 6.45) is 13.5. The fourth-order valence-corrected chi connectivity index (χ4v) is 3.03. The van der Waals surface area contributed by atoms with Crippen LogP contribution in [0.4, 0.5) is 0 Å². The highest BCUT2D eigenvalue weighted by Gasteiger charge is 2.12. The van der Waals surface area contributed by atoms with Crippen LogP contribution >= 0.6 is 0 Å². The second kappa shape index (κ2) is 20.7. The molecular formula is C35H56. The summed E-state index contributed by atoms with van der Waals surface area (Å²) < 4.78 is 0. The van der Waals surface area contributed by atoms with Crippen molar-refractivity contribution in [3.05, 3.63) is 108 Å². The minimum absolute atomic E-state index is 0.201. The van der Waals surface area contributed by atoms with E-state index in [-0.39, 0.29) is 5.41 Å². The van der Waals surface area contributed by atoms with Crippen LogP contribution in [0.3, 0.4) is 0 Å². The highest BCUT2D eigenvalue weighted by molar-refractivity contribution is 5.73. The molecule has 1 rings (SSSR count). The van der Waals surface area contributed by atoms with Gasteiger partial charge < -0.3 is 0 Å². The molecule has 196 valence electrons. The van der Waals surface area contributed by atoms with Crippen molar-refractivity contribution >= 4 is 11.1 Å². The molecule has 0 spiro atoms. The van der Waals surface area contributed by atoms with Crippen LogP contribution in [0.2, 0.25) is 0 Å². The Kier molecular flexibility index (Phi) is 21.9. The van der Waals surface area contributed by atoms with E-state index in [1.165, 1.54) is 33.4 Å². The number of aryl methyl sites for hydroxylation is 1. The molecule has 0 aliphatic heterocycles. The van der Waals surface area contributed by atoms with Crippen LogP contribution < -0.4 is 0 Å². The van der Waals surface area contributed by atoms with Crippen LogP contribution in [-0.4, -0.2) is 0 Å². The molecule has 0 saturated carbocycles. The Hall–Kier alpha value is -2.60. The number of allylic oxidation sites excluding steroid dienone is 11. The molecule has 0 aliphatic rings. The van der Waals surface area contributed by atoms with E-state index in [9.17, 15) is 0 Å². The van der Waals surface area contributed by atoms with Gasteiger partial charge in [0, 0.05) is 0 Å². The average molecular weight is 477 g/mol. The molecule has 1 aromatic carbocycles. The van der Waals surface area contributed by atoms with Crippen LogP contribution in [0, 0.1) is 12.3 Å². The maximum Gasteiger partial charge on any atom is -0.0135 e. The van der Waals surface area contributed by atoms with Gasteiger partial charge in [-0.2, -0.15) is 0 Å². The molecule has 0 heterocycles. The predicted molar refractivity (Wildman–Crippen MR) is 168 cm³/mol. The molecule has 0 aromatic heterocycles. The maximum absolute atomic E-state index is 3.99. The van der Waals surface area contributed by atoms with E-state index in [1.807, 2.05) is 40.7 Å². The molecule has 0 fully saturated rings. The van der Waals surface area contributed by atoms with Gasteiger partial charge in [0.2, 0.25) is 0 Å². The molecule has 0 saturated heterocycles. The van der Waals surface area contributed by atoms with Gasteiger partial charge in [0.1, 0.15) is 0 Å². The summed E-state index contributed by atoms with van der Waals surface area (Å²) in [4.78, 5) is 0. The molecule has 0 bridgehead atoms. The first kappa shape index (κ1) is 37.0. The lowest BCUT2D eigenvalue weighted by Gasteiger charge is -2.19. The van der Waals surface area contributed by atoms with Crippen molar-refractivity contribution in [3.8, 4) is 0 Å². The van der Waals surface area contributed by atoms with E-state index in [1.54, 1.807) is 6.08 Å². The van der Waals surface area contributed by atoms with Crippen LogP contribution in [0.15, 0.2) is 91.1 Å². The number of hydrogen-bond donors (Lipinski definition) is 0. The third kappa shape index (κ3) is 15.8. The summed E-state index contributed by atoms with van der Waals surface area (Å²) in [5.74, 6) is 0. The summed E-state index contributed by atoms with van der Waals surface area (Å²) in [6, 6.07) is 6.58. The maximum atomic E-state index is 3.99. The number of rotatable bonds is 7. The van der Waals surface area contributed by atoms with Crippen molar-refractivity contribution < 1.29 is 0 Å². The summed E-state index contributed by atoms with van der Waals surface area (Å²) in [6.45, 7) is 38.9. The normalized spacial score (nSPS) is 11.9. The summed E-state index contributed by atoms with van der Waals surface area (Å²) in [5.41, 5.74) is 10.1. The minimum atomic E-state index is 0.201. The van der Waals surface area contributed by atoms with Crippen LogP contribution in [0.1, 0.15) is 106 Å². The van der Waals surface area contributed by atoms with Gasteiger partial charge in [-0.25, -0.2) is 0 Å². The van der Waals surface area contributed by atoms with E-state index >= 15 is 0 Å². The molecule has 0 heteroatoms. The number of benzene rings is 1. The Morgan fingerprint density at radius 1 is 0.914 bits per heavy atom. The Morgan fingerprint density at radius 3 is 1.83 bits per heavy atom. The van der Waals surface area contributed by atoms with Gasteiger partial charge in [0.25, 0.3) is 0 Å². The van der Waals surface area contributed by atoms with E-state index in [2.05, 4.69) is 118 Å². The van der Waals surface area contributed by atoms with Crippen molar-refractivity contribution in [2.45, 2.75) is 96.4 Å². The molecule has 0 aliphatic carbocycles. The smallest absolute Gasteiger partial charge is 0.0135 e. The van der Waals surface area contributed by atoms with E-state index in [0.29, 0.717) is 0 Å². The lowest BCUT2D eigenvalue weighted by atomic mass is 9.86. The molecule has 1 aromatic rings. The molecule has 0 amide bonds. The van der Waals surface area contributed by atoms with E-state index in [0.717, 1.165) is 17.6 Å². The van der Waals surface area contributed by atoms with Crippen molar-refractivity contribution in [1.82, 2.24) is 0 Å². The molecule has 35 heavy (non-hydrogen) atoms. The fraction of sp³-hybridized carbons (Fsp3) is 0.429. The van der Waals surface area contributed by atoms with E-state index < -0.39 is 0 Å². The van der Waals surface area contributed by atoms with Gasteiger partial charge in [-0.05, 0) is 85.4 Å². The minimum Gasteiger partial charge on any atom is -0.0985 e. The fourth-order valence-electron chi connectivity index (χ4n) is 3.03. The Balaban J connectivity index is -0.000000533. The molecule has 0 nitrogen and oxygen atoms in total. The van der Waals surface area contributed by atoms with E-state index in [4.69, 9.17) is 0 Å². The zero-order valence-corrected chi connectivity index (χ0v) is 25.5. The monoisotopic (exact) mass is 476 g/mol. The van der Waals surface area contributed by atoms with Gasteiger partial charge in [0.05, 0.1) is 0 Å². The SMILES string of the molecule is C=C(C)c1ccc(/C(C)=C(C)/C=C\CC)c(C)c1.C=CC(=C)/C=C\C(=C/C)C(C)(C)C.CC.CC. The quantitative estimate of drug-likeness (QED) is 0.343. The standard InChI is InChI=1S/C18H24.C13H20.2C2H6/c1-7-8-9-14(4)16(6)18-11-10-17(13(2)3)12-15(18)5;1-7-11(3)9-10-12(8-2)13(4,5)6;2*1-2/h8-12H,2,7H2,1,3-6H3;7-10H,1,3H2,2,4-6H3;2*1-2H3/b9-8-,16-14+;10-9-,12-8+;;. The van der Waals surface area contributed by atoms with Crippen LogP contribution in [-0.2, 0) is 0 Å². The van der Waals surface area contributed by atoms with Crippen LogP contribution in [0.25, 0.3) is 11.1 Å². The highest BCUT2D eigenvalue weighted by Crippen LogP contribution is 2.26. The summed E-state index contributed by atoms with van der Waals surface area (Å²) >= 11 is 0. The largest absolute Gasteiger partial charge is 0.0985 e. The topological polar surface area (TPSA) is 0 Å². The van der Waals surface area contributed by atoms with Gasteiger partial charge in [-0.15, -0.1) is 0 Å². The molecule has 0 atom stereocenters. The molecule has 0 radical (unpaired) electrons. The van der Waals surface area contributed by atoms with Crippen LogP contribution in [0.5, 0.6) is 0 Å².